The fourth-order valence-electron chi connectivity index (χ4n) is 1.58. The van der Waals surface area contributed by atoms with Gasteiger partial charge in [-0.2, -0.15) is 0 Å². The molecule has 5 heteroatoms. The maximum Gasteiger partial charge on any atom is 0.237 e. The van der Waals surface area contributed by atoms with Crippen LogP contribution in [0.5, 0.6) is 0 Å². The molecule has 1 atom stereocenters. The van der Waals surface area contributed by atoms with Crippen molar-refractivity contribution in [2.24, 2.45) is 0 Å². The summed E-state index contributed by atoms with van der Waals surface area (Å²) in [6.45, 7) is 1.65. The largest absolute Gasteiger partial charge is 0.323 e. The molecule has 0 heterocycles. The minimum absolute atomic E-state index is 0.124. The highest BCUT2D eigenvalue weighted by molar-refractivity contribution is 8.00. The summed E-state index contributed by atoms with van der Waals surface area (Å²) in [5.41, 5.74) is 0.124. The Bertz CT molecular complexity index is 618. The lowest BCUT2D eigenvalue weighted by Gasteiger charge is -2.12. The number of hydrogen-bond acceptors (Lipinski definition) is 2. The molecule has 0 aromatic heterocycles. The van der Waals surface area contributed by atoms with Gasteiger partial charge in [0.2, 0.25) is 5.91 Å². The molecule has 1 amide bonds. The molecule has 0 unspecified atom stereocenters. The van der Waals surface area contributed by atoms with Gasteiger partial charge < -0.3 is 5.32 Å². The number of thioether (sulfide) groups is 1. The fraction of sp³-hybridized carbons (Fsp3) is 0.133. The molecule has 0 spiro atoms. The van der Waals surface area contributed by atoms with Gasteiger partial charge in [-0.3, -0.25) is 4.79 Å². The smallest absolute Gasteiger partial charge is 0.237 e. The second-order valence-corrected chi connectivity index (χ2v) is 5.54. The summed E-state index contributed by atoms with van der Waals surface area (Å²) < 4.78 is 26.9. The van der Waals surface area contributed by atoms with E-state index < -0.39 is 11.1 Å². The highest BCUT2D eigenvalue weighted by Crippen LogP contribution is 2.26. The summed E-state index contributed by atoms with van der Waals surface area (Å²) in [6, 6.07) is 12.2. The molecule has 2 aromatic rings. The number of carbonyl (C=O) groups excluding carboxylic acids is 1. The number of benzene rings is 2. The van der Waals surface area contributed by atoms with Gasteiger partial charge in [-0.25, -0.2) is 8.78 Å². The fourth-order valence-corrected chi connectivity index (χ4v) is 2.47. The van der Waals surface area contributed by atoms with Crippen LogP contribution in [0.4, 0.5) is 14.5 Å². The lowest BCUT2D eigenvalue weighted by atomic mass is 10.3. The molecule has 1 N–H and O–H groups in total. The summed E-state index contributed by atoms with van der Waals surface area (Å²) in [7, 11) is 0. The molecule has 0 saturated heterocycles. The van der Waals surface area contributed by atoms with E-state index in [0.717, 1.165) is 11.8 Å². The molecule has 104 valence electrons. The molecule has 20 heavy (non-hydrogen) atoms. The van der Waals surface area contributed by atoms with E-state index >= 15 is 0 Å². The molecule has 0 bridgehead atoms. The highest BCUT2D eigenvalue weighted by atomic mass is 32.2. The van der Waals surface area contributed by atoms with Crippen LogP contribution in [-0.4, -0.2) is 11.2 Å². The molecular weight excluding hydrogens is 280 g/mol. The number of para-hydroxylation sites is 1. The van der Waals surface area contributed by atoms with E-state index in [1.807, 2.05) is 0 Å². The van der Waals surface area contributed by atoms with Gasteiger partial charge in [-0.15, -0.1) is 11.8 Å². The van der Waals surface area contributed by atoms with Crippen molar-refractivity contribution in [1.29, 1.82) is 0 Å². The van der Waals surface area contributed by atoms with Crippen molar-refractivity contribution in [2.45, 2.75) is 17.1 Å². The van der Waals surface area contributed by atoms with Crippen molar-refractivity contribution in [2.75, 3.05) is 5.32 Å². The van der Waals surface area contributed by atoms with Gasteiger partial charge in [-0.1, -0.05) is 24.3 Å². The molecule has 0 radical (unpaired) electrons. The van der Waals surface area contributed by atoms with Crippen LogP contribution in [0.1, 0.15) is 6.92 Å². The number of rotatable bonds is 4. The van der Waals surface area contributed by atoms with Crippen LogP contribution in [-0.2, 0) is 4.79 Å². The van der Waals surface area contributed by atoms with E-state index in [1.165, 1.54) is 18.2 Å². The van der Waals surface area contributed by atoms with Crippen LogP contribution in [0, 0.1) is 11.6 Å². The van der Waals surface area contributed by atoms with Crippen LogP contribution in [0.3, 0.4) is 0 Å². The Labute approximate surface area is 120 Å². The molecule has 0 aliphatic rings. The lowest BCUT2D eigenvalue weighted by molar-refractivity contribution is -0.115. The van der Waals surface area contributed by atoms with Crippen LogP contribution >= 0.6 is 11.8 Å². The third kappa shape index (κ3) is 3.57. The van der Waals surface area contributed by atoms with Crippen LogP contribution < -0.4 is 5.32 Å². The van der Waals surface area contributed by atoms with Crippen molar-refractivity contribution >= 4 is 23.4 Å². The first-order valence-corrected chi connectivity index (χ1v) is 6.92. The van der Waals surface area contributed by atoms with E-state index in [-0.39, 0.29) is 17.4 Å². The highest BCUT2D eigenvalue weighted by Gasteiger charge is 2.17. The third-order valence-electron chi connectivity index (χ3n) is 2.64. The van der Waals surface area contributed by atoms with Crippen molar-refractivity contribution in [3.8, 4) is 0 Å². The second kappa shape index (κ2) is 6.52. The van der Waals surface area contributed by atoms with E-state index in [9.17, 15) is 13.6 Å². The molecule has 2 aromatic carbocycles. The SMILES string of the molecule is C[C@H](Sc1ccccc1F)C(=O)Nc1ccccc1F. The van der Waals surface area contributed by atoms with E-state index in [0.29, 0.717) is 4.90 Å². The minimum atomic E-state index is -0.536. The Morgan fingerprint density at radius 2 is 1.65 bits per heavy atom. The maximum absolute atomic E-state index is 13.5. The van der Waals surface area contributed by atoms with E-state index in [4.69, 9.17) is 0 Å². The van der Waals surface area contributed by atoms with E-state index in [2.05, 4.69) is 5.32 Å². The van der Waals surface area contributed by atoms with E-state index in [1.54, 1.807) is 37.3 Å². The average molecular weight is 293 g/mol. The Balaban J connectivity index is 2.03. The van der Waals surface area contributed by atoms with Crippen LogP contribution in [0.2, 0.25) is 0 Å². The lowest BCUT2D eigenvalue weighted by Crippen LogP contribution is -2.23. The predicted molar refractivity (Wildman–Crippen MR) is 76.7 cm³/mol. The predicted octanol–water partition coefficient (Wildman–Crippen LogP) is 4.08. The summed E-state index contributed by atoms with van der Waals surface area (Å²) in [5.74, 6) is -1.24. The summed E-state index contributed by atoms with van der Waals surface area (Å²) in [6.07, 6.45) is 0. The van der Waals surface area contributed by atoms with Crippen molar-refractivity contribution in [3.05, 3.63) is 60.2 Å². The number of halogens is 2. The van der Waals surface area contributed by atoms with Crippen molar-refractivity contribution < 1.29 is 13.6 Å². The zero-order valence-corrected chi connectivity index (χ0v) is 11.6. The van der Waals surface area contributed by atoms with Gasteiger partial charge in [0.25, 0.3) is 0 Å². The number of nitrogens with one attached hydrogen (secondary N) is 1. The molecule has 2 rings (SSSR count). The number of carbonyl (C=O) groups is 1. The topological polar surface area (TPSA) is 29.1 Å². The van der Waals surface area contributed by atoms with Gasteiger partial charge in [0.15, 0.2) is 0 Å². The molecule has 0 saturated carbocycles. The normalized spacial score (nSPS) is 11.9. The van der Waals surface area contributed by atoms with Crippen LogP contribution in [0.15, 0.2) is 53.4 Å². The Hall–Kier alpha value is -1.88. The summed E-state index contributed by atoms with van der Waals surface area (Å²) in [5, 5.41) is 1.96. The first-order valence-electron chi connectivity index (χ1n) is 6.04. The second-order valence-electron chi connectivity index (χ2n) is 4.16. The summed E-state index contributed by atoms with van der Waals surface area (Å²) >= 11 is 1.09. The van der Waals surface area contributed by atoms with Gasteiger partial charge in [0.05, 0.1) is 10.9 Å². The molecular formula is C15H13F2NOS. The molecule has 2 nitrogen and oxygen atoms in total. The average Bonchev–Trinajstić information content (AvgIpc) is 2.43. The Morgan fingerprint density at radius 1 is 1.05 bits per heavy atom. The third-order valence-corrected chi connectivity index (χ3v) is 3.79. The molecule has 0 aliphatic carbocycles. The quantitative estimate of drug-likeness (QED) is 0.860. The first kappa shape index (κ1) is 14.5. The van der Waals surface area contributed by atoms with Gasteiger partial charge >= 0.3 is 0 Å². The number of hydrogen-bond donors (Lipinski definition) is 1. The summed E-state index contributed by atoms with van der Waals surface area (Å²) in [4.78, 5) is 12.4. The van der Waals surface area contributed by atoms with Crippen LogP contribution in [0.25, 0.3) is 0 Å². The van der Waals surface area contributed by atoms with Gasteiger partial charge in [-0.05, 0) is 31.2 Å². The maximum atomic E-state index is 13.5. The van der Waals surface area contributed by atoms with Crippen molar-refractivity contribution in [3.63, 3.8) is 0 Å². The zero-order chi connectivity index (χ0) is 14.5. The Kier molecular flexibility index (Phi) is 4.74. The number of amides is 1. The minimum Gasteiger partial charge on any atom is -0.323 e. The Morgan fingerprint density at radius 3 is 2.30 bits per heavy atom. The zero-order valence-electron chi connectivity index (χ0n) is 10.8. The molecule has 0 aliphatic heterocycles. The monoisotopic (exact) mass is 293 g/mol. The van der Waals surface area contributed by atoms with Gasteiger partial charge in [0.1, 0.15) is 11.6 Å². The molecule has 0 fully saturated rings. The standard InChI is InChI=1S/C15H13F2NOS/c1-10(20-14-9-5-3-7-12(14)17)15(19)18-13-8-4-2-6-11(13)16/h2-10H,1H3,(H,18,19)/t10-/m0/s1. The number of anilines is 1. The van der Waals surface area contributed by atoms with Gasteiger partial charge in [0, 0.05) is 4.90 Å². The first-order chi connectivity index (χ1) is 9.58. The van der Waals surface area contributed by atoms with Crippen molar-refractivity contribution in [1.82, 2.24) is 0 Å².